The first-order chi connectivity index (χ1) is 7.51. The topological polar surface area (TPSA) is 69.4 Å². The molecule has 0 bridgehead atoms. The van der Waals surface area contributed by atoms with Crippen molar-refractivity contribution in [2.45, 2.75) is 5.33 Å². The van der Waals surface area contributed by atoms with Crippen molar-refractivity contribution in [3.05, 3.63) is 38.4 Å². The van der Waals surface area contributed by atoms with Gasteiger partial charge in [-0.2, -0.15) is 0 Å². The Bertz CT molecular complexity index is 449. The van der Waals surface area contributed by atoms with E-state index in [1.807, 2.05) is 0 Å². The first-order valence-electron chi connectivity index (χ1n) is 4.12. The van der Waals surface area contributed by atoms with E-state index in [1.54, 1.807) is 0 Å². The van der Waals surface area contributed by atoms with Gasteiger partial charge in [-0.15, -0.1) is 0 Å². The summed E-state index contributed by atoms with van der Waals surface area (Å²) in [6.07, 6.45) is 0. The SMILES string of the molecule is COC(=O)c1cc(CBr)cc([N+](=O)[O-])c1Cl. The molecule has 0 heterocycles. The lowest BCUT2D eigenvalue weighted by molar-refractivity contribution is -0.384. The van der Waals surface area contributed by atoms with Gasteiger partial charge in [-0.05, 0) is 11.6 Å². The van der Waals surface area contributed by atoms with Crippen molar-refractivity contribution < 1.29 is 14.5 Å². The fourth-order valence-corrected chi connectivity index (χ4v) is 1.71. The van der Waals surface area contributed by atoms with Crippen LogP contribution in [0.4, 0.5) is 5.69 Å². The average Bonchev–Trinajstić information content (AvgIpc) is 2.28. The number of hydrogen-bond donors (Lipinski definition) is 0. The van der Waals surface area contributed by atoms with Gasteiger partial charge in [0.05, 0.1) is 17.6 Å². The van der Waals surface area contributed by atoms with Gasteiger partial charge >= 0.3 is 5.97 Å². The van der Waals surface area contributed by atoms with Gasteiger partial charge in [-0.1, -0.05) is 27.5 Å². The zero-order chi connectivity index (χ0) is 12.3. The number of rotatable bonds is 3. The van der Waals surface area contributed by atoms with Crippen LogP contribution in [0.5, 0.6) is 0 Å². The molecule has 5 nitrogen and oxygen atoms in total. The summed E-state index contributed by atoms with van der Waals surface area (Å²) in [6, 6.07) is 2.76. The third kappa shape index (κ3) is 2.51. The highest BCUT2D eigenvalue weighted by atomic mass is 79.9. The van der Waals surface area contributed by atoms with Gasteiger partial charge in [0.1, 0.15) is 5.02 Å². The summed E-state index contributed by atoms with van der Waals surface area (Å²) in [7, 11) is 1.19. The number of nitro benzene ring substituents is 1. The summed E-state index contributed by atoms with van der Waals surface area (Å²) < 4.78 is 4.49. The molecule has 1 aromatic carbocycles. The number of esters is 1. The molecule has 0 radical (unpaired) electrons. The number of nitrogens with zero attached hydrogens (tertiary/aromatic N) is 1. The molecule has 16 heavy (non-hydrogen) atoms. The normalized spacial score (nSPS) is 9.94. The van der Waals surface area contributed by atoms with E-state index < -0.39 is 10.9 Å². The van der Waals surface area contributed by atoms with Crippen LogP contribution in [-0.4, -0.2) is 18.0 Å². The van der Waals surface area contributed by atoms with E-state index in [0.29, 0.717) is 10.9 Å². The van der Waals surface area contributed by atoms with Gasteiger partial charge in [-0.3, -0.25) is 10.1 Å². The van der Waals surface area contributed by atoms with Gasteiger partial charge < -0.3 is 4.74 Å². The molecule has 0 fully saturated rings. The van der Waals surface area contributed by atoms with Crippen LogP contribution >= 0.6 is 27.5 Å². The van der Waals surface area contributed by atoms with Crippen LogP contribution in [0.2, 0.25) is 5.02 Å². The molecular formula is C9H7BrClNO4. The monoisotopic (exact) mass is 307 g/mol. The molecule has 0 aliphatic heterocycles. The highest BCUT2D eigenvalue weighted by Gasteiger charge is 2.22. The Morgan fingerprint density at radius 1 is 1.62 bits per heavy atom. The van der Waals surface area contributed by atoms with Crippen LogP contribution in [0.1, 0.15) is 15.9 Å². The summed E-state index contributed by atoms with van der Waals surface area (Å²) in [4.78, 5) is 21.4. The molecule has 0 aliphatic rings. The van der Waals surface area contributed by atoms with Gasteiger partial charge in [-0.25, -0.2) is 4.79 Å². The van der Waals surface area contributed by atoms with Crippen LogP contribution in [0.25, 0.3) is 0 Å². The van der Waals surface area contributed by atoms with Crippen LogP contribution in [-0.2, 0) is 10.1 Å². The second-order valence-electron chi connectivity index (χ2n) is 2.86. The lowest BCUT2D eigenvalue weighted by atomic mass is 10.1. The molecule has 0 amide bonds. The number of carbonyl (C=O) groups is 1. The highest BCUT2D eigenvalue weighted by Crippen LogP contribution is 2.30. The molecule has 0 spiro atoms. The number of hydrogen-bond acceptors (Lipinski definition) is 4. The number of methoxy groups -OCH3 is 1. The maximum atomic E-state index is 11.3. The Morgan fingerprint density at radius 3 is 2.69 bits per heavy atom. The average molecular weight is 309 g/mol. The minimum atomic E-state index is -0.698. The minimum absolute atomic E-state index is 0.00665. The van der Waals surface area contributed by atoms with Crippen LogP contribution in [0.3, 0.4) is 0 Å². The van der Waals surface area contributed by atoms with Crippen molar-refractivity contribution in [1.29, 1.82) is 0 Å². The predicted octanol–water partition coefficient (Wildman–Crippen LogP) is 2.93. The van der Waals surface area contributed by atoms with E-state index in [9.17, 15) is 14.9 Å². The van der Waals surface area contributed by atoms with E-state index in [2.05, 4.69) is 20.7 Å². The van der Waals surface area contributed by atoms with Crippen LogP contribution < -0.4 is 0 Å². The number of alkyl halides is 1. The molecule has 0 saturated heterocycles. The fourth-order valence-electron chi connectivity index (χ4n) is 1.14. The first kappa shape index (κ1) is 12.9. The molecule has 0 saturated carbocycles. The molecule has 0 N–H and O–H groups in total. The molecule has 86 valence electrons. The van der Waals surface area contributed by atoms with Crippen molar-refractivity contribution in [1.82, 2.24) is 0 Å². The molecule has 7 heteroatoms. The number of ether oxygens (including phenoxy) is 1. The maximum Gasteiger partial charge on any atom is 0.339 e. The molecule has 1 aromatic rings. The molecule has 0 unspecified atom stereocenters. The minimum Gasteiger partial charge on any atom is -0.465 e. The molecule has 1 rings (SSSR count). The second-order valence-corrected chi connectivity index (χ2v) is 3.80. The maximum absolute atomic E-state index is 11.3. The Labute approximate surface area is 105 Å². The number of benzene rings is 1. The largest absolute Gasteiger partial charge is 0.465 e. The van der Waals surface area contributed by atoms with E-state index in [-0.39, 0.29) is 16.3 Å². The summed E-state index contributed by atoms with van der Waals surface area (Å²) in [6.45, 7) is 0. The quantitative estimate of drug-likeness (QED) is 0.372. The number of carbonyl (C=O) groups excluding carboxylic acids is 1. The zero-order valence-corrected chi connectivity index (χ0v) is 10.5. The smallest absolute Gasteiger partial charge is 0.339 e. The highest BCUT2D eigenvalue weighted by molar-refractivity contribution is 9.08. The summed E-state index contributed by atoms with van der Waals surface area (Å²) in [5.74, 6) is -0.698. The Balaban J connectivity index is 3.43. The van der Waals surface area contributed by atoms with Crippen molar-refractivity contribution >= 4 is 39.2 Å². The van der Waals surface area contributed by atoms with Crippen molar-refractivity contribution in [3.63, 3.8) is 0 Å². The van der Waals surface area contributed by atoms with Gasteiger partial charge in [0, 0.05) is 11.4 Å². The Hall–Kier alpha value is -1.14. The van der Waals surface area contributed by atoms with Gasteiger partial charge in [0.15, 0.2) is 0 Å². The van der Waals surface area contributed by atoms with Gasteiger partial charge in [0.25, 0.3) is 5.69 Å². The molecule has 0 aliphatic carbocycles. The zero-order valence-electron chi connectivity index (χ0n) is 8.20. The van der Waals surface area contributed by atoms with Crippen molar-refractivity contribution in [3.8, 4) is 0 Å². The number of nitro groups is 1. The van der Waals surface area contributed by atoms with Crippen molar-refractivity contribution in [2.75, 3.05) is 7.11 Å². The first-order valence-corrected chi connectivity index (χ1v) is 5.62. The van der Waals surface area contributed by atoms with E-state index >= 15 is 0 Å². The summed E-state index contributed by atoms with van der Waals surface area (Å²) >= 11 is 8.90. The summed E-state index contributed by atoms with van der Waals surface area (Å²) in [5.41, 5.74) is 0.267. The van der Waals surface area contributed by atoms with Crippen molar-refractivity contribution in [2.24, 2.45) is 0 Å². The van der Waals surface area contributed by atoms with Crippen LogP contribution in [0, 0.1) is 10.1 Å². The predicted molar refractivity (Wildman–Crippen MR) is 62.1 cm³/mol. The van der Waals surface area contributed by atoms with Crippen LogP contribution in [0.15, 0.2) is 12.1 Å². The van der Waals surface area contributed by atoms with E-state index in [1.165, 1.54) is 19.2 Å². The lowest BCUT2D eigenvalue weighted by Crippen LogP contribution is -2.05. The Morgan fingerprint density at radius 2 is 2.25 bits per heavy atom. The second kappa shape index (κ2) is 5.27. The third-order valence-corrected chi connectivity index (χ3v) is 2.91. The third-order valence-electron chi connectivity index (χ3n) is 1.87. The van der Waals surface area contributed by atoms with Gasteiger partial charge in [0.2, 0.25) is 0 Å². The Kier molecular flexibility index (Phi) is 4.26. The number of halogens is 2. The lowest BCUT2D eigenvalue weighted by Gasteiger charge is -2.05. The summed E-state index contributed by atoms with van der Waals surface area (Å²) in [5, 5.41) is 10.9. The van der Waals surface area contributed by atoms with E-state index in [0.717, 1.165) is 0 Å². The fraction of sp³-hybridized carbons (Fsp3) is 0.222. The molecule has 0 aromatic heterocycles. The molecule has 0 atom stereocenters. The standard InChI is InChI=1S/C9H7BrClNO4/c1-16-9(13)6-2-5(4-10)3-7(8(6)11)12(14)15/h2-3H,4H2,1H3. The van der Waals surface area contributed by atoms with E-state index in [4.69, 9.17) is 11.6 Å². The molecular weight excluding hydrogens is 301 g/mol.